The number of nitrogens with zero attached hydrogens (tertiary/aromatic N) is 1. The number of carbonyl (C=O) groups excluding carboxylic acids is 1. The Morgan fingerprint density at radius 3 is 2.55 bits per heavy atom. The maximum Gasteiger partial charge on any atom is 0.241 e. The van der Waals surface area contributed by atoms with Gasteiger partial charge in [0.25, 0.3) is 0 Å². The molecule has 0 aliphatic carbocycles. The molecule has 0 saturated heterocycles. The SMILES string of the molecule is CC(C)CCN(C)C(=O)CNc1cc(Cl)c(Cl)cc1O. The van der Waals surface area contributed by atoms with Crippen LogP contribution >= 0.6 is 23.2 Å². The first-order valence-electron chi connectivity index (χ1n) is 6.47. The lowest BCUT2D eigenvalue weighted by Crippen LogP contribution is -2.33. The van der Waals surface area contributed by atoms with E-state index in [-0.39, 0.29) is 23.2 Å². The van der Waals surface area contributed by atoms with Crippen molar-refractivity contribution in [1.82, 2.24) is 4.90 Å². The number of phenolic OH excluding ortho intramolecular Hbond substituents is 1. The topological polar surface area (TPSA) is 52.6 Å². The van der Waals surface area contributed by atoms with Crippen molar-refractivity contribution in [3.8, 4) is 5.75 Å². The van der Waals surface area contributed by atoms with E-state index in [4.69, 9.17) is 23.2 Å². The third-order valence-electron chi connectivity index (χ3n) is 2.94. The molecule has 0 saturated carbocycles. The highest BCUT2D eigenvalue weighted by atomic mass is 35.5. The van der Waals surface area contributed by atoms with Crippen LogP contribution in [0.15, 0.2) is 12.1 Å². The van der Waals surface area contributed by atoms with Crippen LogP contribution in [0.25, 0.3) is 0 Å². The number of anilines is 1. The number of phenols is 1. The van der Waals surface area contributed by atoms with Crippen LogP contribution < -0.4 is 5.32 Å². The number of hydrogen-bond donors (Lipinski definition) is 2. The van der Waals surface area contributed by atoms with Crippen LogP contribution in [0.1, 0.15) is 20.3 Å². The van der Waals surface area contributed by atoms with Gasteiger partial charge in [0.05, 0.1) is 22.3 Å². The molecule has 0 spiro atoms. The molecule has 2 N–H and O–H groups in total. The Hall–Kier alpha value is -1.13. The zero-order chi connectivity index (χ0) is 15.3. The van der Waals surface area contributed by atoms with Crippen LogP contribution in [-0.2, 0) is 4.79 Å². The molecular formula is C14H20Cl2N2O2. The van der Waals surface area contributed by atoms with E-state index in [1.165, 1.54) is 12.1 Å². The predicted octanol–water partition coefficient (Wildman–Crippen LogP) is 3.62. The first-order valence-corrected chi connectivity index (χ1v) is 7.22. The van der Waals surface area contributed by atoms with Crippen LogP contribution in [0.3, 0.4) is 0 Å². The summed E-state index contributed by atoms with van der Waals surface area (Å²) in [6, 6.07) is 2.85. The minimum absolute atomic E-state index is 0.0305. The molecule has 1 amide bonds. The van der Waals surface area contributed by atoms with Crippen molar-refractivity contribution in [2.45, 2.75) is 20.3 Å². The molecule has 0 heterocycles. The van der Waals surface area contributed by atoms with E-state index >= 15 is 0 Å². The van der Waals surface area contributed by atoms with Gasteiger partial charge in [-0.2, -0.15) is 0 Å². The monoisotopic (exact) mass is 318 g/mol. The Morgan fingerprint density at radius 2 is 1.95 bits per heavy atom. The van der Waals surface area contributed by atoms with E-state index in [1.54, 1.807) is 11.9 Å². The molecule has 0 aliphatic rings. The Kier molecular flexibility index (Phi) is 6.43. The fourth-order valence-corrected chi connectivity index (χ4v) is 1.88. The molecule has 0 bridgehead atoms. The predicted molar refractivity (Wildman–Crippen MR) is 83.7 cm³/mol. The van der Waals surface area contributed by atoms with Crippen molar-refractivity contribution in [1.29, 1.82) is 0 Å². The Morgan fingerprint density at radius 1 is 1.35 bits per heavy atom. The van der Waals surface area contributed by atoms with Gasteiger partial charge in [0.15, 0.2) is 0 Å². The molecule has 4 nitrogen and oxygen atoms in total. The van der Waals surface area contributed by atoms with Gasteiger partial charge in [-0.15, -0.1) is 0 Å². The zero-order valence-corrected chi connectivity index (χ0v) is 13.4. The largest absolute Gasteiger partial charge is 0.506 e. The Bertz CT molecular complexity index is 478. The highest BCUT2D eigenvalue weighted by Gasteiger charge is 2.11. The number of carbonyl (C=O) groups is 1. The molecule has 112 valence electrons. The molecule has 0 unspecified atom stereocenters. The van der Waals surface area contributed by atoms with E-state index < -0.39 is 0 Å². The van der Waals surface area contributed by atoms with Crippen molar-refractivity contribution in [3.05, 3.63) is 22.2 Å². The fraction of sp³-hybridized carbons (Fsp3) is 0.500. The molecule has 0 aromatic heterocycles. The number of rotatable bonds is 6. The number of hydrogen-bond acceptors (Lipinski definition) is 3. The van der Waals surface area contributed by atoms with Gasteiger partial charge in [0, 0.05) is 19.7 Å². The second-order valence-electron chi connectivity index (χ2n) is 5.13. The lowest BCUT2D eigenvalue weighted by Gasteiger charge is -2.19. The number of amides is 1. The minimum atomic E-state index is -0.0453. The average molecular weight is 319 g/mol. The number of nitrogens with one attached hydrogen (secondary N) is 1. The van der Waals surface area contributed by atoms with Crippen LogP contribution in [0.5, 0.6) is 5.75 Å². The lowest BCUT2D eigenvalue weighted by atomic mass is 10.1. The summed E-state index contributed by atoms with van der Waals surface area (Å²) in [5, 5.41) is 13.2. The Balaban J connectivity index is 2.54. The summed E-state index contributed by atoms with van der Waals surface area (Å²) in [6.07, 6.45) is 0.959. The van der Waals surface area contributed by atoms with Crippen LogP contribution in [0.4, 0.5) is 5.69 Å². The van der Waals surface area contributed by atoms with Crippen molar-refractivity contribution >= 4 is 34.8 Å². The highest BCUT2D eigenvalue weighted by Crippen LogP contribution is 2.33. The number of halogens is 2. The third-order valence-corrected chi connectivity index (χ3v) is 3.66. The molecule has 0 atom stereocenters. The molecule has 1 aromatic carbocycles. The number of benzene rings is 1. The second kappa shape index (κ2) is 7.60. The fourth-order valence-electron chi connectivity index (χ4n) is 1.56. The van der Waals surface area contributed by atoms with Gasteiger partial charge in [-0.05, 0) is 18.4 Å². The van der Waals surface area contributed by atoms with Gasteiger partial charge >= 0.3 is 0 Å². The molecule has 0 fully saturated rings. The molecule has 20 heavy (non-hydrogen) atoms. The molecule has 1 rings (SSSR count). The summed E-state index contributed by atoms with van der Waals surface area (Å²) in [7, 11) is 1.76. The van der Waals surface area contributed by atoms with Crippen molar-refractivity contribution in [2.24, 2.45) is 5.92 Å². The van der Waals surface area contributed by atoms with Crippen molar-refractivity contribution in [2.75, 3.05) is 25.5 Å². The molecule has 1 aromatic rings. The minimum Gasteiger partial charge on any atom is -0.506 e. The summed E-state index contributed by atoms with van der Waals surface area (Å²) in [6.45, 7) is 5.04. The maximum atomic E-state index is 11.9. The van der Waals surface area contributed by atoms with Crippen molar-refractivity contribution < 1.29 is 9.90 Å². The van der Waals surface area contributed by atoms with Gasteiger partial charge in [-0.3, -0.25) is 4.79 Å². The van der Waals surface area contributed by atoms with Crippen LogP contribution in [0, 0.1) is 5.92 Å². The normalized spacial score (nSPS) is 10.7. The van der Waals surface area contributed by atoms with Crippen LogP contribution in [-0.4, -0.2) is 36.1 Å². The van der Waals surface area contributed by atoms with E-state index in [0.29, 0.717) is 23.2 Å². The molecule has 0 aliphatic heterocycles. The number of likely N-dealkylation sites (N-methyl/N-ethyl adjacent to an activating group) is 1. The average Bonchev–Trinajstić information content (AvgIpc) is 2.38. The first kappa shape index (κ1) is 16.9. The smallest absolute Gasteiger partial charge is 0.241 e. The quantitative estimate of drug-likeness (QED) is 0.788. The summed E-state index contributed by atoms with van der Waals surface area (Å²) >= 11 is 11.6. The van der Waals surface area contributed by atoms with Crippen LogP contribution in [0.2, 0.25) is 10.0 Å². The van der Waals surface area contributed by atoms with E-state index in [0.717, 1.165) is 6.42 Å². The molecule has 6 heteroatoms. The summed E-state index contributed by atoms with van der Waals surface area (Å²) < 4.78 is 0. The zero-order valence-electron chi connectivity index (χ0n) is 11.9. The second-order valence-corrected chi connectivity index (χ2v) is 5.95. The van der Waals surface area contributed by atoms with Gasteiger partial charge in [-0.25, -0.2) is 0 Å². The highest BCUT2D eigenvalue weighted by molar-refractivity contribution is 6.42. The first-order chi connectivity index (χ1) is 9.31. The molecule has 0 radical (unpaired) electrons. The lowest BCUT2D eigenvalue weighted by molar-refractivity contribution is -0.128. The van der Waals surface area contributed by atoms with E-state index in [2.05, 4.69) is 19.2 Å². The van der Waals surface area contributed by atoms with Gasteiger partial charge in [-0.1, -0.05) is 37.0 Å². The number of aromatic hydroxyl groups is 1. The summed E-state index contributed by atoms with van der Waals surface area (Å²) in [4.78, 5) is 13.6. The Labute approximate surface area is 129 Å². The van der Waals surface area contributed by atoms with E-state index in [1.807, 2.05) is 0 Å². The van der Waals surface area contributed by atoms with Gasteiger partial charge < -0.3 is 15.3 Å². The van der Waals surface area contributed by atoms with E-state index in [9.17, 15) is 9.90 Å². The van der Waals surface area contributed by atoms with Gasteiger partial charge in [0.1, 0.15) is 5.75 Å². The summed E-state index contributed by atoms with van der Waals surface area (Å²) in [5.41, 5.74) is 0.394. The maximum absolute atomic E-state index is 11.9. The van der Waals surface area contributed by atoms with Crippen molar-refractivity contribution in [3.63, 3.8) is 0 Å². The van der Waals surface area contributed by atoms with Gasteiger partial charge in [0.2, 0.25) is 5.91 Å². The standard InChI is InChI=1S/C14H20Cl2N2O2/c1-9(2)4-5-18(3)14(20)8-17-12-6-10(15)11(16)7-13(12)19/h6-7,9,17,19H,4-5,8H2,1-3H3. The summed E-state index contributed by atoms with van der Waals surface area (Å²) in [5.74, 6) is 0.477. The third kappa shape index (κ3) is 5.10. The molecular weight excluding hydrogens is 299 g/mol.